The van der Waals surface area contributed by atoms with E-state index >= 15 is 0 Å². The average Bonchev–Trinajstić information content (AvgIpc) is 3.28. The molecule has 35 heavy (non-hydrogen) atoms. The quantitative estimate of drug-likeness (QED) is 0.389. The lowest BCUT2D eigenvalue weighted by Gasteiger charge is -2.18. The molecule has 2 N–H and O–H groups in total. The Morgan fingerprint density at radius 3 is 2.54 bits per heavy atom. The summed E-state index contributed by atoms with van der Waals surface area (Å²) >= 11 is 2.31. The second-order valence-corrected chi connectivity index (χ2v) is 12.7. The summed E-state index contributed by atoms with van der Waals surface area (Å²) in [4.78, 5) is 1.22. The van der Waals surface area contributed by atoms with Gasteiger partial charge in [0, 0.05) is 11.0 Å². The molecule has 1 aromatic carbocycles. The first-order valence-corrected chi connectivity index (χ1v) is 15.2. The molecule has 3 heterocycles. The Kier molecular flexibility index (Phi) is 6.94. The van der Waals surface area contributed by atoms with Crippen molar-refractivity contribution < 1.29 is 34.7 Å². The third-order valence-corrected chi connectivity index (χ3v) is 9.59. The molecule has 0 amide bonds. The molecule has 1 aromatic heterocycles. The molecule has 1 atom stereocenters. The van der Waals surface area contributed by atoms with E-state index in [0.29, 0.717) is 27.5 Å². The SMILES string of the molecule is CCC(=Cc1sc2c([n+]1S(=O)(=O)O)OC(C)C(CC)=C2)C=C1Sc2ccc(C)cc2N1S(=O)(=O)O. The van der Waals surface area contributed by atoms with Gasteiger partial charge in [0.2, 0.25) is 0 Å². The summed E-state index contributed by atoms with van der Waals surface area (Å²) in [5.41, 5.74) is 2.75. The van der Waals surface area contributed by atoms with Gasteiger partial charge in [-0.2, -0.15) is 8.42 Å². The van der Waals surface area contributed by atoms with Crippen LogP contribution in [-0.4, -0.2) is 32.0 Å². The number of nitrogens with zero attached hydrogens (tertiary/aromatic N) is 2. The van der Waals surface area contributed by atoms with Crippen molar-refractivity contribution in [2.75, 3.05) is 4.31 Å². The molecule has 0 spiro atoms. The number of thiazole rings is 1. The van der Waals surface area contributed by atoms with E-state index in [1.807, 2.05) is 39.8 Å². The molecule has 188 valence electrons. The zero-order valence-electron chi connectivity index (χ0n) is 19.4. The van der Waals surface area contributed by atoms with Crippen LogP contribution in [0.1, 0.15) is 49.1 Å². The number of allylic oxidation sites excluding steroid dienone is 2. The maximum Gasteiger partial charge on any atom is 0.515 e. The Hall–Kier alpha value is -2.16. The Labute approximate surface area is 213 Å². The Bertz CT molecular complexity index is 1500. The number of ether oxygens (including phenoxy) is 1. The standard InChI is InChI=1S/C22H24N2O7S4/c1-5-15(10-20-23(34(25,26)27)17-9-13(3)7-8-18(17)32-20)11-21-24(35(28,29)30)22-19(33-21)12-16(6-2)14(4)31-22/h7-12,14H,5-6H2,1-4H3,(H-,25,26,27,28,29,30)/p+1. The van der Waals surface area contributed by atoms with Crippen LogP contribution in [0.2, 0.25) is 0 Å². The zero-order chi connectivity index (χ0) is 25.7. The maximum atomic E-state index is 12.3. The molecule has 0 radical (unpaired) electrons. The minimum atomic E-state index is -4.69. The third kappa shape index (κ3) is 5.06. The van der Waals surface area contributed by atoms with Crippen LogP contribution >= 0.6 is 23.1 Å². The number of fused-ring (bicyclic) bond motifs is 2. The third-order valence-electron chi connectivity index (χ3n) is 5.58. The topological polar surface area (TPSA) is 125 Å². The van der Waals surface area contributed by atoms with Gasteiger partial charge in [0.1, 0.15) is 11.0 Å². The molecular weight excluding hydrogens is 533 g/mol. The van der Waals surface area contributed by atoms with Crippen LogP contribution in [0.15, 0.2) is 45.3 Å². The van der Waals surface area contributed by atoms with Crippen molar-refractivity contribution in [1.82, 2.24) is 0 Å². The van der Waals surface area contributed by atoms with Gasteiger partial charge in [-0.3, -0.25) is 4.55 Å². The highest BCUT2D eigenvalue weighted by Crippen LogP contribution is 2.48. The minimum absolute atomic E-state index is 0.0363. The summed E-state index contributed by atoms with van der Waals surface area (Å²) in [6, 6.07) is 5.29. The molecule has 0 fully saturated rings. The predicted octanol–water partition coefficient (Wildman–Crippen LogP) is 4.62. The van der Waals surface area contributed by atoms with Crippen LogP contribution in [-0.2, 0) is 20.6 Å². The highest BCUT2D eigenvalue weighted by atomic mass is 32.2. The Balaban J connectivity index is 1.85. The molecule has 2 aliphatic rings. The largest absolute Gasteiger partial charge is 0.515 e. The van der Waals surface area contributed by atoms with E-state index in [2.05, 4.69) is 0 Å². The minimum Gasteiger partial charge on any atom is -0.435 e. The lowest BCUT2D eigenvalue weighted by atomic mass is 10.1. The van der Waals surface area contributed by atoms with E-state index in [9.17, 15) is 25.9 Å². The maximum absolute atomic E-state index is 12.3. The smallest absolute Gasteiger partial charge is 0.435 e. The second kappa shape index (κ2) is 9.37. The lowest BCUT2D eigenvalue weighted by molar-refractivity contribution is -0.526. The summed E-state index contributed by atoms with van der Waals surface area (Å²) in [6.07, 6.45) is 5.81. The fraction of sp³-hybridized carbons (Fsp3) is 0.318. The summed E-state index contributed by atoms with van der Waals surface area (Å²) in [5, 5.41) is 0.445. The van der Waals surface area contributed by atoms with Crippen molar-refractivity contribution in [2.45, 2.75) is 51.5 Å². The number of hydrogen-bond acceptors (Lipinski definition) is 7. The van der Waals surface area contributed by atoms with Crippen molar-refractivity contribution in [3.8, 4) is 5.88 Å². The first kappa shape index (κ1) is 25.9. The monoisotopic (exact) mass is 557 g/mol. The second-order valence-electron chi connectivity index (χ2n) is 8.06. The first-order valence-electron chi connectivity index (χ1n) is 10.8. The van der Waals surface area contributed by atoms with Gasteiger partial charge in [-0.05, 0) is 71.7 Å². The highest BCUT2D eigenvalue weighted by molar-refractivity contribution is 8.05. The van der Waals surface area contributed by atoms with Gasteiger partial charge in [0.05, 0.1) is 10.7 Å². The fourth-order valence-electron chi connectivity index (χ4n) is 3.85. The normalized spacial score (nSPS) is 19.4. The summed E-state index contributed by atoms with van der Waals surface area (Å²) < 4.78 is 76.3. The van der Waals surface area contributed by atoms with Crippen molar-refractivity contribution in [3.05, 3.63) is 55.9 Å². The van der Waals surface area contributed by atoms with Crippen LogP contribution in [0.3, 0.4) is 0 Å². The zero-order valence-corrected chi connectivity index (χ0v) is 22.7. The molecule has 2 aromatic rings. The van der Waals surface area contributed by atoms with Gasteiger partial charge in [-0.15, -0.1) is 8.42 Å². The number of hydrogen-bond donors (Lipinski definition) is 2. The lowest BCUT2D eigenvalue weighted by Crippen LogP contribution is -2.45. The molecule has 0 aliphatic carbocycles. The molecule has 0 bridgehead atoms. The number of benzene rings is 1. The Morgan fingerprint density at radius 2 is 1.94 bits per heavy atom. The molecule has 9 nitrogen and oxygen atoms in total. The van der Waals surface area contributed by atoms with Crippen molar-refractivity contribution in [1.29, 1.82) is 0 Å². The van der Waals surface area contributed by atoms with Gasteiger partial charge in [0.15, 0.2) is 0 Å². The molecule has 2 aliphatic heterocycles. The van der Waals surface area contributed by atoms with E-state index in [0.717, 1.165) is 37.2 Å². The summed E-state index contributed by atoms with van der Waals surface area (Å²) in [5.74, 6) is 0.0363. The molecular formula is C22H25N2O7S4+. The van der Waals surface area contributed by atoms with E-state index in [1.54, 1.807) is 24.3 Å². The van der Waals surface area contributed by atoms with E-state index in [4.69, 9.17) is 4.74 Å². The summed E-state index contributed by atoms with van der Waals surface area (Å²) in [7, 11) is -9.29. The number of anilines is 1. The van der Waals surface area contributed by atoms with Crippen LogP contribution in [0.25, 0.3) is 12.2 Å². The highest BCUT2D eigenvalue weighted by Gasteiger charge is 2.40. The summed E-state index contributed by atoms with van der Waals surface area (Å²) in [6.45, 7) is 7.43. The Morgan fingerprint density at radius 1 is 1.23 bits per heavy atom. The van der Waals surface area contributed by atoms with Gasteiger partial charge in [0.25, 0.3) is 5.01 Å². The predicted molar refractivity (Wildman–Crippen MR) is 137 cm³/mol. The molecule has 4 rings (SSSR count). The van der Waals surface area contributed by atoms with Crippen molar-refractivity contribution >= 4 is 61.5 Å². The fourth-order valence-corrected chi connectivity index (χ4v) is 8.12. The van der Waals surface area contributed by atoms with Crippen LogP contribution in [0.4, 0.5) is 5.69 Å². The van der Waals surface area contributed by atoms with Crippen molar-refractivity contribution in [3.63, 3.8) is 0 Å². The van der Waals surface area contributed by atoms with E-state index < -0.39 is 20.6 Å². The van der Waals surface area contributed by atoms with Crippen molar-refractivity contribution in [2.24, 2.45) is 0 Å². The number of aryl methyl sites for hydroxylation is 1. The van der Waals surface area contributed by atoms with Gasteiger partial charge < -0.3 is 4.74 Å². The van der Waals surface area contributed by atoms with E-state index in [-0.39, 0.29) is 22.0 Å². The molecule has 0 saturated carbocycles. The van der Waals surface area contributed by atoms with Gasteiger partial charge >= 0.3 is 26.5 Å². The average molecular weight is 558 g/mol. The molecule has 13 heteroatoms. The van der Waals surface area contributed by atoms with Crippen LogP contribution in [0.5, 0.6) is 5.88 Å². The molecule has 1 unspecified atom stereocenters. The van der Waals surface area contributed by atoms with Crippen LogP contribution < -0.4 is 13.0 Å². The number of thioether (sulfide) groups is 1. The number of rotatable bonds is 6. The first-order chi connectivity index (χ1) is 16.3. The number of aromatic nitrogens is 1. The van der Waals surface area contributed by atoms with Gasteiger partial charge in [-0.25, -0.2) is 8.86 Å². The molecule has 0 saturated heterocycles. The van der Waals surface area contributed by atoms with Gasteiger partial charge in [-0.1, -0.05) is 43.0 Å². The van der Waals surface area contributed by atoms with E-state index in [1.165, 1.54) is 11.8 Å². The van der Waals surface area contributed by atoms with Crippen LogP contribution in [0, 0.1) is 6.92 Å².